The first-order chi connectivity index (χ1) is 11.1. The SMILES string of the molecule is Cc1cc(C)n(CC2CCCCN2CC(=O)Nc2nncs2)n1. The van der Waals surface area contributed by atoms with Crippen molar-refractivity contribution in [2.75, 3.05) is 18.4 Å². The van der Waals surface area contributed by atoms with Crippen molar-refractivity contribution in [3.63, 3.8) is 0 Å². The van der Waals surface area contributed by atoms with Gasteiger partial charge in [0.25, 0.3) is 0 Å². The van der Waals surface area contributed by atoms with Crippen LogP contribution in [0.3, 0.4) is 0 Å². The lowest BCUT2D eigenvalue weighted by molar-refractivity contribution is -0.118. The van der Waals surface area contributed by atoms with E-state index in [1.54, 1.807) is 5.51 Å². The molecule has 2 aromatic heterocycles. The summed E-state index contributed by atoms with van der Waals surface area (Å²) in [6, 6.07) is 2.44. The molecule has 1 saturated heterocycles. The third kappa shape index (κ3) is 4.14. The largest absolute Gasteiger partial charge is 0.299 e. The van der Waals surface area contributed by atoms with E-state index >= 15 is 0 Å². The number of rotatable bonds is 5. The van der Waals surface area contributed by atoms with Gasteiger partial charge < -0.3 is 0 Å². The van der Waals surface area contributed by atoms with E-state index < -0.39 is 0 Å². The molecule has 0 bridgehead atoms. The molecule has 1 atom stereocenters. The van der Waals surface area contributed by atoms with Gasteiger partial charge in [-0.05, 0) is 39.3 Å². The van der Waals surface area contributed by atoms with Crippen LogP contribution in [0.4, 0.5) is 5.13 Å². The maximum Gasteiger partial charge on any atom is 0.240 e. The van der Waals surface area contributed by atoms with Crippen LogP contribution in [0, 0.1) is 13.8 Å². The fourth-order valence-electron chi connectivity index (χ4n) is 3.11. The van der Waals surface area contributed by atoms with Crippen LogP contribution in [0.2, 0.25) is 0 Å². The first-order valence-corrected chi connectivity index (χ1v) is 8.81. The molecule has 7 nitrogen and oxygen atoms in total. The van der Waals surface area contributed by atoms with Gasteiger partial charge in [-0.15, -0.1) is 10.2 Å². The van der Waals surface area contributed by atoms with Gasteiger partial charge in [-0.25, -0.2) is 0 Å². The van der Waals surface area contributed by atoms with E-state index in [0.717, 1.165) is 31.6 Å². The van der Waals surface area contributed by atoms with Crippen molar-refractivity contribution >= 4 is 22.4 Å². The van der Waals surface area contributed by atoms with Crippen LogP contribution in [0.5, 0.6) is 0 Å². The topological polar surface area (TPSA) is 75.9 Å². The summed E-state index contributed by atoms with van der Waals surface area (Å²) in [6.45, 7) is 6.27. The molecule has 0 aromatic carbocycles. The van der Waals surface area contributed by atoms with Gasteiger partial charge in [0.15, 0.2) is 0 Å². The molecular weight excluding hydrogens is 312 g/mol. The second kappa shape index (κ2) is 7.18. The molecule has 0 aliphatic carbocycles. The molecule has 8 heteroatoms. The van der Waals surface area contributed by atoms with Gasteiger partial charge in [-0.3, -0.25) is 19.7 Å². The molecule has 1 fully saturated rings. The van der Waals surface area contributed by atoms with Crippen molar-refractivity contribution in [2.45, 2.75) is 45.7 Å². The molecular formula is C15H22N6OS. The maximum absolute atomic E-state index is 12.2. The zero-order valence-corrected chi connectivity index (χ0v) is 14.3. The number of hydrogen-bond acceptors (Lipinski definition) is 6. The Morgan fingerprint density at radius 2 is 2.30 bits per heavy atom. The van der Waals surface area contributed by atoms with E-state index in [-0.39, 0.29) is 5.91 Å². The summed E-state index contributed by atoms with van der Waals surface area (Å²) in [5, 5.41) is 15.5. The molecule has 23 heavy (non-hydrogen) atoms. The number of nitrogens with zero attached hydrogens (tertiary/aromatic N) is 5. The summed E-state index contributed by atoms with van der Waals surface area (Å²) in [5.41, 5.74) is 3.83. The third-order valence-electron chi connectivity index (χ3n) is 4.19. The molecule has 3 heterocycles. The van der Waals surface area contributed by atoms with Gasteiger partial charge in [0.2, 0.25) is 11.0 Å². The second-order valence-electron chi connectivity index (χ2n) is 6.02. The number of carbonyl (C=O) groups is 1. The summed E-state index contributed by atoms with van der Waals surface area (Å²) >= 11 is 1.33. The minimum atomic E-state index is -0.0259. The lowest BCUT2D eigenvalue weighted by Gasteiger charge is -2.35. The molecule has 0 radical (unpaired) electrons. The van der Waals surface area contributed by atoms with E-state index in [2.05, 4.69) is 43.2 Å². The van der Waals surface area contributed by atoms with Crippen molar-refractivity contribution in [2.24, 2.45) is 0 Å². The first-order valence-electron chi connectivity index (χ1n) is 7.93. The van der Waals surface area contributed by atoms with Crippen molar-refractivity contribution in [3.05, 3.63) is 23.0 Å². The molecule has 0 saturated carbocycles. The molecule has 2 aromatic rings. The summed E-state index contributed by atoms with van der Waals surface area (Å²) < 4.78 is 2.06. The van der Waals surface area contributed by atoms with Crippen LogP contribution in [-0.2, 0) is 11.3 Å². The van der Waals surface area contributed by atoms with Crippen molar-refractivity contribution in [1.29, 1.82) is 0 Å². The highest BCUT2D eigenvalue weighted by Gasteiger charge is 2.25. The first kappa shape index (κ1) is 16.1. The maximum atomic E-state index is 12.2. The molecule has 1 aliphatic heterocycles. The fourth-order valence-corrected chi connectivity index (χ4v) is 3.57. The fraction of sp³-hybridized carbons (Fsp3) is 0.600. The van der Waals surface area contributed by atoms with Gasteiger partial charge in [-0.1, -0.05) is 17.8 Å². The third-order valence-corrected chi connectivity index (χ3v) is 4.80. The number of nitrogens with one attached hydrogen (secondary N) is 1. The number of hydrogen-bond donors (Lipinski definition) is 1. The van der Waals surface area contributed by atoms with Gasteiger partial charge in [0, 0.05) is 11.7 Å². The number of aromatic nitrogens is 4. The highest BCUT2D eigenvalue weighted by Crippen LogP contribution is 2.19. The molecule has 1 aliphatic rings. The Labute approximate surface area is 139 Å². The van der Waals surface area contributed by atoms with Crippen molar-refractivity contribution < 1.29 is 4.79 Å². The smallest absolute Gasteiger partial charge is 0.240 e. The van der Waals surface area contributed by atoms with Crippen LogP contribution < -0.4 is 5.32 Å². The molecule has 1 amide bonds. The van der Waals surface area contributed by atoms with Crippen molar-refractivity contribution in [1.82, 2.24) is 24.9 Å². The zero-order valence-electron chi connectivity index (χ0n) is 13.5. The molecule has 0 spiro atoms. The van der Waals surface area contributed by atoms with Crippen LogP contribution >= 0.6 is 11.3 Å². The Morgan fingerprint density at radius 1 is 1.43 bits per heavy atom. The van der Waals surface area contributed by atoms with Gasteiger partial charge in [-0.2, -0.15) is 5.10 Å². The van der Waals surface area contributed by atoms with Crippen LogP contribution in [0.25, 0.3) is 0 Å². The molecule has 1 N–H and O–H groups in total. The monoisotopic (exact) mass is 334 g/mol. The van der Waals surface area contributed by atoms with E-state index in [1.165, 1.54) is 23.5 Å². The predicted molar refractivity (Wildman–Crippen MR) is 89.5 cm³/mol. The number of piperidine rings is 1. The quantitative estimate of drug-likeness (QED) is 0.903. The van der Waals surface area contributed by atoms with E-state index in [9.17, 15) is 4.79 Å². The van der Waals surface area contributed by atoms with E-state index in [1.807, 2.05) is 6.92 Å². The summed E-state index contributed by atoms with van der Waals surface area (Å²) in [5.74, 6) is -0.0259. The summed E-state index contributed by atoms with van der Waals surface area (Å²) in [6.07, 6.45) is 3.45. The highest BCUT2D eigenvalue weighted by molar-refractivity contribution is 7.13. The number of anilines is 1. The standard InChI is InChI=1S/C15H22N6OS/c1-11-7-12(2)21(19-11)8-13-5-3-4-6-20(13)9-14(22)17-15-18-16-10-23-15/h7,10,13H,3-6,8-9H2,1-2H3,(H,17,18,22). The van der Waals surface area contributed by atoms with Gasteiger partial charge >= 0.3 is 0 Å². The Kier molecular flexibility index (Phi) is 5.02. The van der Waals surface area contributed by atoms with Crippen LogP contribution in [-0.4, -0.2) is 49.9 Å². The van der Waals surface area contributed by atoms with E-state index in [4.69, 9.17) is 0 Å². The number of amides is 1. The van der Waals surface area contributed by atoms with Crippen LogP contribution in [0.1, 0.15) is 30.7 Å². The second-order valence-corrected chi connectivity index (χ2v) is 6.85. The average Bonchev–Trinajstić information content (AvgIpc) is 3.11. The minimum Gasteiger partial charge on any atom is -0.299 e. The minimum absolute atomic E-state index is 0.0259. The van der Waals surface area contributed by atoms with E-state index in [0.29, 0.717) is 17.7 Å². The summed E-state index contributed by atoms with van der Waals surface area (Å²) in [4.78, 5) is 14.5. The van der Waals surface area contributed by atoms with Gasteiger partial charge in [0.05, 0.1) is 18.8 Å². The summed E-state index contributed by atoms with van der Waals surface area (Å²) in [7, 11) is 0. The zero-order chi connectivity index (χ0) is 16.2. The predicted octanol–water partition coefficient (Wildman–Crippen LogP) is 1.84. The normalized spacial score (nSPS) is 19.0. The van der Waals surface area contributed by atoms with Crippen LogP contribution in [0.15, 0.2) is 11.6 Å². The van der Waals surface area contributed by atoms with Gasteiger partial charge in [0.1, 0.15) is 5.51 Å². The lowest BCUT2D eigenvalue weighted by Crippen LogP contribution is -2.46. The Bertz CT molecular complexity index is 653. The number of aryl methyl sites for hydroxylation is 2. The molecule has 1 unspecified atom stereocenters. The number of carbonyl (C=O) groups excluding carboxylic acids is 1. The highest BCUT2D eigenvalue weighted by atomic mass is 32.1. The number of likely N-dealkylation sites (tertiary alicyclic amines) is 1. The Balaban J connectivity index is 1.61. The molecule has 124 valence electrons. The van der Waals surface area contributed by atoms with Crippen molar-refractivity contribution in [3.8, 4) is 0 Å². The Hall–Kier alpha value is -1.80. The lowest BCUT2D eigenvalue weighted by atomic mass is 10.0. The average molecular weight is 334 g/mol. The molecule has 3 rings (SSSR count). The Morgan fingerprint density at radius 3 is 3.00 bits per heavy atom.